The van der Waals surface area contributed by atoms with Gasteiger partial charge < -0.3 is 5.11 Å². The first kappa shape index (κ1) is 12.0. The van der Waals surface area contributed by atoms with Crippen molar-refractivity contribution in [2.45, 2.75) is 12.8 Å². The fourth-order valence-corrected chi connectivity index (χ4v) is 1.65. The second kappa shape index (κ2) is 4.82. The van der Waals surface area contributed by atoms with E-state index in [2.05, 4.69) is 10.3 Å². The molecule has 1 saturated heterocycles. The van der Waals surface area contributed by atoms with Gasteiger partial charge in [0.2, 0.25) is 5.91 Å². The highest BCUT2D eigenvalue weighted by atomic mass is 16.4. The van der Waals surface area contributed by atoms with Crippen molar-refractivity contribution in [1.82, 2.24) is 10.3 Å². The third kappa shape index (κ3) is 2.62. The zero-order valence-electron chi connectivity index (χ0n) is 9.42. The largest absolute Gasteiger partial charge is 0.481 e. The van der Waals surface area contributed by atoms with Crippen molar-refractivity contribution in [3.63, 3.8) is 0 Å². The van der Waals surface area contributed by atoms with Crippen LogP contribution in [0, 0.1) is 0 Å². The van der Waals surface area contributed by atoms with Crippen LogP contribution in [0.5, 0.6) is 0 Å². The van der Waals surface area contributed by atoms with Gasteiger partial charge in [-0.15, -0.1) is 0 Å². The Labute approximate surface area is 102 Å². The molecular formula is C11H11N3O4. The van der Waals surface area contributed by atoms with E-state index in [1.54, 1.807) is 18.2 Å². The van der Waals surface area contributed by atoms with Gasteiger partial charge in [0.1, 0.15) is 5.82 Å². The standard InChI is InChI=1S/C11H11N3O4/c15-9-4-5-14(11(18)13-9)8-3-1-2-7(12-8)6-10(16)17/h1-3H,4-6H2,(H,16,17)(H,13,15,18). The molecule has 7 nitrogen and oxygen atoms in total. The van der Waals surface area contributed by atoms with Gasteiger partial charge in [0, 0.05) is 13.0 Å². The Morgan fingerprint density at radius 3 is 2.89 bits per heavy atom. The Hall–Kier alpha value is -2.44. The minimum Gasteiger partial charge on any atom is -0.481 e. The molecule has 0 radical (unpaired) electrons. The highest BCUT2D eigenvalue weighted by molar-refractivity contribution is 6.05. The molecule has 2 N–H and O–H groups in total. The van der Waals surface area contributed by atoms with Crippen LogP contribution >= 0.6 is 0 Å². The summed E-state index contributed by atoms with van der Waals surface area (Å²) in [4.78, 5) is 38.6. The van der Waals surface area contributed by atoms with Crippen molar-refractivity contribution in [2.75, 3.05) is 11.4 Å². The lowest BCUT2D eigenvalue weighted by atomic mass is 10.2. The fourth-order valence-electron chi connectivity index (χ4n) is 1.65. The normalized spacial score (nSPS) is 15.4. The Morgan fingerprint density at radius 1 is 1.44 bits per heavy atom. The maximum Gasteiger partial charge on any atom is 0.329 e. The molecule has 0 aliphatic carbocycles. The summed E-state index contributed by atoms with van der Waals surface area (Å²) < 4.78 is 0. The van der Waals surface area contributed by atoms with Crippen molar-refractivity contribution < 1.29 is 19.5 Å². The van der Waals surface area contributed by atoms with Crippen LogP contribution in [-0.4, -0.2) is 34.5 Å². The Morgan fingerprint density at radius 2 is 2.22 bits per heavy atom. The molecule has 2 heterocycles. The highest BCUT2D eigenvalue weighted by Crippen LogP contribution is 2.14. The van der Waals surface area contributed by atoms with Crippen LogP contribution in [0.25, 0.3) is 0 Å². The molecule has 0 saturated carbocycles. The molecule has 0 atom stereocenters. The number of carbonyl (C=O) groups excluding carboxylic acids is 2. The number of rotatable bonds is 3. The fraction of sp³-hybridized carbons (Fsp3) is 0.273. The number of nitrogens with zero attached hydrogens (tertiary/aromatic N) is 2. The lowest BCUT2D eigenvalue weighted by Gasteiger charge is -2.25. The van der Waals surface area contributed by atoms with Crippen molar-refractivity contribution >= 4 is 23.7 Å². The number of anilines is 1. The predicted octanol–water partition coefficient (Wildman–Crippen LogP) is 0.155. The number of aliphatic carboxylic acids is 1. The van der Waals surface area contributed by atoms with E-state index in [9.17, 15) is 14.4 Å². The smallest absolute Gasteiger partial charge is 0.329 e. The molecule has 0 bridgehead atoms. The Kier molecular flexibility index (Phi) is 3.22. The molecule has 3 amide bonds. The van der Waals surface area contributed by atoms with Crippen LogP contribution in [0.2, 0.25) is 0 Å². The lowest BCUT2D eigenvalue weighted by Crippen LogP contribution is -2.49. The first-order valence-corrected chi connectivity index (χ1v) is 5.35. The molecule has 94 valence electrons. The predicted molar refractivity (Wildman–Crippen MR) is 61.1 cm³/mol. The second-order valence-electron chi connectivity index (χ2n) is 3.81. The van der Waals surface area contributed by atoms with Crippen LogP contribution in [0.4, 0.5) is 10.6 Å². The molecule has 0 aromatic carbocycles. The van der Waals surface area contributed by atoms with Crippen LogP contribution in [0.1, 0.15) is 12.1 Å². The molecule has 7 heteroatoms. The van der Waals surface area contributed by atoms with Gasteiger partial charge in [-0.2, -0.15) is 0 Å². The van der Waals surface area contributed by atoms with Crippen LogP contribution in [-0.2, 0) is 16.0 Å². The van der Waals surface area contributed by atoms with E-state index < -0.39 is 12.0 Å². The van der Waals surface area contributed by atoms with E-state index in [0.717, 1.165) is 0 Å². The maximum atomic E-state index is 11.6. The summed E-state index contributed by atoms with van der Waals surface area (Å²) in [5.41, 5.74) is 0.365. The van der Waals surface area contributed by atoms with Gasteiger partial charge in [0.25, 0.3) is 0 Å². The Bertz CT molecular complexity index is 515. The van der Waals surface area contributed by atoms with Gasteiger partial charge in [-0.05, 0) is 12.1 Å². The lowest BCUT2D eigenvalue weighted by molar-refractivity contribution is -0.136. The van der Waals surface area contributed by atoms with Crippen molar-refractivity contribution in [1.29, 1.82) is 0 Å². The van der Waals surface area contributed by atoms with E-state index in [0.29, 0.717) is 11.5 Å². The van der Waals surface area contributed by atoms with Gasteiger partial charge in [0.05, 0.1) is 12.1 Å². The van der Waals surface area contributed by atoms with Gasteiger partial charge in [-0.3, -0.25) is 19.8 Å². The van der Waals surface area contributed by atoms with Crippen LogP contribution in [0.15, 0.2) is 18.2 Å². The number of urea groups is 1. The van der Waals surface area contributed by atoms with E-state index in [1.807, 2.05) is 0 Å². The highest BCUT2D eigenvalue weighted by Gasteiger charge is 2.25. The zero-order valence-corrected chi connectivity index (χ0v) is 9.42. The number of amides is 3. The molecule has 2 rings (SSSR count). The third-order valence-electron chi connectivity index (χ3n) is 2.45. The Balaban J connectivity index is 2.20. The third-order valence-corrected chi connectivity index (χ3v) is 2.45. The van der Waals surface area contributed by atoms with Crippen molar-refractivity contribution in [3.8, 4) is 0 Å². The number of pyridine rings is 1. The topological polar surface area (TPSA) is 99.6 Å². The average Bonchev–Trinajstić information content (AvgIpc) is 2.28. The minimum atomic E-state index is -0.988. The monoisotopic (exact) mass is 249 g/mol. The number of hydrogen-bond donors (Lipinski definition) is 2. The summed E-state index contributed by atoms with van der Waals surface area (Å²) in [5.74, 6) is -0.963. The number of carbonyl (C=O) groups is 3. The SMILES string of the molecule is O=C(O)Cc1cccc(N2CCC(=O)NC2=O)n1. The second-order valence-corrected chi connectivity index (χ2v) is 3.81. The molecule has 1 aliphatic heterocycles. The molecule has 1 aliphatic rings. The summed E-state index contributed by atoms with van der Waals surface area (Å²) in [5, 5.41) is 10.9. The van der Waals surface area contributed by atoms with E-state index >= 15 is 0 Å². The first-order chi connectivity index (χ1) is 8.56. The van der Waals surface area contributed by atoms with Gasteiger partial charge in [-0.1, -0.05) is 6.07 Å². The minimum absolute atomic E-state index is 0.205. The van der Waals surface area contributed by atoms with E-state index in [4.69, 9.17) is 5.11 Å². The zero-order chi connectivity index (χ0) is 13.1. The van der Waals surface area contributed by atoms with E-state index in [-0.39, 0.29) is 25.3 Å². The summed E-state index contributed by atoms with van der Waals surface area (Å²) in [6, 6.07) is 4.27. The number of nitrogens with one attached hydrogen (secondary N) is 1. The number of hydrogen-bond acceptors (Lipinski definition) is 4. The van der Waals surface area contributed by atoms with Crippen LogP contribution in [0.3, 0.4) is 0 Å². The molecule has 0 spiro atoms. The molecule has 0 unspecified atom stereocenters. The number of carboxylic acid groups (broad SMARTS) is 1. The van der Waals surface area contributed by atoms with E-state index in [1.165, 1.54) is 4.90 Å². The molecule has 18 heavy (non-hydrogen) atoms. The van der Waals surface area contributed by atoms with Crippen LogP contribution < -0.4 is 10.2 Å². The summed E-state index contributed by atoms with van der Waals surface area (Å²) >= 11 is 0. The van der Waals surface area contributed by atoms with Crippen molar-refractivity contribution in [3.05, 3.63) is 23.9 Å². The molecule has 1 aromatic rings. The summed E-state index contributed by atoms with van der Waals surface area (Å²) in [6.45, 7) is 0.244. The number of imide groups is 1. The molecular weight excluding hydrogens is 238 g/mol. The average molecular weight is 249 g/mol. The van der Waals surface area contributed by atoms with Gasteiger partial charge in [0.15, 0.2) is 0 Å². The summed E-state index contributed by atoms with van der Waals surface area (Å²) in [6.07, 6.45) is -0.00118. The van der Waals surface area contributed by atoms with Crippen molar-refractivity contribution in [2.24, 2.45) is 0 Å². The van der Waals surface area contributed by atoms with Gasteiger partial charge >= 0.3 is 12.0 Å². The van der Waals surface area contributed by atoms with Gasteiger partial charge in [-0.25, -0.2) is 9.78 Å². The quantitative estimate of drug-likeness (QED) is 0.794. The molecule has 1 aromatic heterocycles. The first-order valence-electron chi connectivity index (χ1n) is 5.35. The summed E-state index contributed by atoms with van der Waals surface area (Å²) in [7, 11) is 0. The molecule has 1 fully saturated rings. The number of aromatic nitrogens is 1. The maximum absolute atomic E-state index is 11.6. The number of carboxylic acids is 1.